The Kier molecular flexibility index (Phi) is 7.46. The van der Waals surface area contributed by atoms with Gasteiger partial charge in [0.15, 0.2) is 0 Å². The molecule has 1 unspecified atom stereocenters. The van der Waals surface area contributed by atoms with E-state index < -0.39 is 0 Å². The van der Waals surface area contributed by atoms with Crippen LogP contribution in [0.5, 0.6) is 5.75 Å². The normalized spacial score (nSPS) is 12.4. The lowest BCUT2D eigenvalue weighted by molar-refractivity contribution is 0.251. The molecule has 1 aromatic carbocycles. The summed E-state index contributed by atoms with van der Waals surface area (Å²) in [7, 11) is 0. The van der Waals surface area contributed by atoms with Crippen LogP contribution in [0.2, 0.25) is 0 Å². The van der Waals surface area contributed by atoms with Gasteiger partial charge < -0.3 is 15.2 Å². The summed E-state index contributed by atoms with van der Waals surface area (Å²) < 4.78 is 5.47. The zero-order chi connectivity index (χ0) is 13.2. The van der Waals surface area contributed by atoms with E-state index in [-0.39, 0.29) is 6.61 Å². The molecule has 0 aromatic heterocycles. The van der Waals surface area contributed by atoms with Crippen molar-refractivity contribution in [3.63, 3.8) is 0 Å². The first-order valence-electron chi connectivity index (χ1n) is 6.83. The van der Waals surface area contributed by atoms with Crippen LogP contribution in [0.15, 0.2) is 24.3 Å². The van der Waals surface area contributed by atoms with Crippen LogP contribution < -0.4 is 10.1 Å². The van der Waals surface area contributed by atoms with E-state index in [2.05, 4.69) is 24.4 Å². The van der Waals surface area contributed by atoms with Gasteiger partial charge in [-0.3, -0.25) is 0 Å². The Balaban J connectivity index is 2.36. The molecule has 2 N–H and O–H groups in total. The fourth-order valence-electron chi connectivity index (χ4n) is 1.97. The second kappa shape index (κ2) is 8.95. The van der Waals surface area contributed by atoms with Gasteiger partial charge in [-0.2, -0.15) is 0 Å². The number of aliphatic hydroxyl groups is 1. The van der Waals surface area contributed by atoms with Gasteiger partial charge in [-0.1, -0.05) is 25.5 Å². The summed E-state index contributed by atoms with van der Waals surface area (Å²) >= 11 is 0. The van der Waals surface area contributed by atoms with E-state index in [1.165, 1.54) is 5.56 Å². The summed E-state index contributed by atoms with van der Waals surface area (Å²) in [6.07, 6.45) is 1.98. The highest BCUT2D eigenvalue weighted by atomic mass is 16.5. The van der Waals surface area contributed by atoms with Crippen LogP contribution in [0.25, 0.3) is 0 Å². The molecule has 1 aromatic rings. The maximum atomic E-state index is 8.94. The number of hydrogen-bond donors (Lipinski definition) is 2. The lowest BCUT2D eigenvalue weighted by Crippen LogP contribution is -2.22. The molecule has 1 rings (SSSR count). The molecule has 0 heterocycles. The molecule has 3 heteroatoms. The molecule has 0 fully saturated rings. The van der Waals surface area contributed by atoms with Crippen molar-refractivity contribution in [3.8, 4) is 5.75 Å². The van der Waals surface area contributed by atoms with Gasteiger partial charge in [0, 0.05) is 13.2 Å². The number of ether oxygens (including phenoxy) is 1. The topological polar surface area (TPSA) is 41.5 Å². The molecule has 1 atom stereocenters. The van der Waals surface area contributed by atoms with Crippen LogP contribution in [0.3, 0.4) is 0 Å². The van der Waals surface area contributed by atoms with E-state index in [0.29, 0.717) is 12.5 Å². The molecule has 102 valence electrons. The summed E-state index contributed by atoms with van der Waals surface area (Å²) in [4.78, 5) is 0. The minimum Gasteiger partial charge on any atom is -0.494 e. The van der Waals surface area contributed by atoms with Gasteiger partial charge in [0.1, 0.15) is 5.75 Å². The Morgan fingerprint density at radius 1 is 1.33 bits per heavy atom. The van der Waals surface area contributed by atoms with Crippen molar-refractivity contribution in [3.05, 3.63) is 29.8 Å². The van der Waals surface area contributed by atoms with E-state index in [1.54, 1.807) is 0 Å². The first-order valence-corrected chi connectivity index (χ1v) is 6.83. The Bertz CT molecular complexity index is 328. The van der Waals surface area contributed by atoms with Crippen LogP contribution in [0.4, 0.5) is 0 Å². The second-order valence-corrected chi connectivity index (χ2v) is 4.50. The molecule has 0 bridgehead atoms. The zero-order valence-corrected chi connectivity index (χ0v) is 11.5. The minimum atomic E-state index is 0.278. The molecule has 0 spiro atoms. The van der Waals surface area contributed by atoms with Crippen molar-refractivity contribution in [1.82, 2.24) is 5.32 Å². The highest BCUT2D eigenvalue weighted by Crippen LogP contribution is 2.13. The van der Waals surface area contributed by atoms with E-state index in [4.69, 9.17) is 9.84 Å². The number of benzene rings is 1. The number of hydrogen-bond acceptors (Lipinski definition) is 3. The Labute approximate surface area is 110 Å². The third-order valence-corrected chi connectivity index (χ3v) is 3.09. The maximum Gasteiger partial charge on any atom is 0.119 e. The predicted octanol–water partition coefficient (Wildman–Crippen LogP) is 2.58. The van der Waals surface area contributed by atoms with Crippen molar-refractivity contribution in [2.24, 2.45) is 5.92 Å². The molecule has 0 saturated heterocycles. The first-order chi connectivity index (χ1) is 8.80. The summed E-state index contributed by atoms with van der Waals surface area (Å²) in [6, 6.07) is 8.17. The lowest BCUT2D eigenvalue weighted by Gasteiger charge is -2.14. The van der Waals surface area contributed by atoms with Crippen LogP contribution in [-0.4, -0.2) is 24.9 Å². The number of aliphatic hydroxyl groups excluding tert-OH is 1. The average Bonchev–Trinajstić information content (AvgIpc) is 2.38. The van der Waals surface area contributed by atoms with Crippen LogP contribution in [-0.2, 0) is 6.54 Å². The second-order valence-electron chi connectivity index (χ2n) is 4.50. The molecular weight excluding hydrogens is 226 g/mol. The summed E-state index contributed by atoms with van der Waals surface area (Å²) in [5.41, 5.74) is 1.24. The van der Waals surface area contributed by atoms with Gasteiger partial charge in [-0.15, -0.1) is 0 Å². The Hall–Kier alpha value is -1.06. The third-order valence-electron chi connectivity index (χ3n) is 3.09. The minimum absolute atomic E-state index is 0.278. The molecular formula is C15H25NO2. The van der Waals surface area contributed by atoms with Crippen molar-refractivity contribution in [1.29, 1.82) is 0 Å². The van der Waals surface area contributed by atoms with Gasteiger partial charge in [0.2, 0.25) is 0 Å². The van der Waals surface area contributed by atoms with E-state index >= 15 is 0 Å². The van der Waals surface area contributed by atoms with Crippen LogP contribution in [0, 0.1) is 5.92 Å². The molecule has 0 amide bonds. The number of nitrogens with one attached hydrogen (secondary N) is 1. The molecule has 0 aliphatic carbocycles. The lowest BCUT2D eigenvalue weighted by atomic mass is 10.0. The Morgan fingerprint density at radius 2 is 2.17 bits per heavy atom. The van der Waals surface area contributed by atoms with Crippen molar-refractivity contribution < 1.29 is 9.84 Å². The van der Waals surface area contributed by atoms with Gasteiger partial charge >= 0.3 is 0 Å². The van der Waals surface area contributed by atoms with Crippen LogP contribution >= 0.6 is 0 Å². The van der Waals surface area contributed by atoms with Gasteiger partial charge in [0.25, 0.3) is 0 Å². The third kappa shape index (κ3) is 5.52. The summed E-state index contributed by atoms with van der Waals surface area (Å²) in [5, 5.41) is 12.4. The summed E-state index contributed by atoms with van der Waals surface area (Å²) in [5.74, 6) is 1.49. The van der Waals surface area contributed by atoms with E-state index in [0.717, 1.165) is 31.7 Å². The number of rotatable bonds is 9. The predicted molar refractivity (Wildman–Crippen MR) is 74.8 cm³/mol. The van der Waals surface area contributed by atoms with Gasteiger partial charge in [-0.25, -0.2) is 0 Å². The van der Waals surface area contributed by atoms with E-state index in [1.807, 2.05) is 19.1 Å². The molecule has 0 aliphatic rings. The first kappa shape index (κ1) is 15.0. The van der Waals surface area contributed by atoms with Crippen molar-refractivity contribution >= 4 is 0 Å². The smallest absolute Gasteiger partial charge is 0.119 e. The van der Waals surface area contributed by atoms with Gasteiger partial charge in [-0.05, 0) is 43.5 Å². The van der Waals surface area contributed by atoms with Crippen molar-refractivity contribution in [2.45, 2.75) is 33.2 Å². The zero-order valence-electron chi connectivity index (χ0n) is 11.5. The average molecular weight is 251 g/mol. The van der Waals surface area contributed by atoms with Gasteiger partial charge in [0.05, 0.1) is 6.61 Å². The molecule has 0 radical (unpaired) electrons. The molecule has 0 saturated carbocycles. The highest BCUT2D eigenvalue weighted by Gasteiger charge is 2.04. The molecule has 3 nitrogen and oxygen atoms in total. The highest BCUT2D eigenvalue weighted by molar-refractivity contribution is 5.28. The SMILES string of the molecule is CCOc1cccc(CNCC(CC)CCO)c1. The monoisotopic (exact) mass is 251 g/mol. The fourth-order valence-corrected chi connectivity index (χ4v) is 1.97. The van der Waals surface area contributed by atoms with Crippen molar-refractivity contribution in [2.75, 3.05) is 19.8 Å². The maximum absolute atomic E-state index is 8.94. The van der Waals surface area contributed by atoms with E-state index in [9.17, 15) is 0 Å². The van der Waals surface area contributed by atoms with Crippen LogP contribution in [0.1, 0.15) is 32.3 Å². The molecule has 0 aliphatic heterocycles. The molecule has 18 heavy (non-hydrogen) atoms. The standard InChI is InChI=1S/C15H25NO2/c1-3-13(8-9-17)11-16-12-14-6-5-7-15(10-14)18-4-2/h5-7,10,13,16-17H,3-4,8-9,11-12H2,1-2H3. The largest absolute Gasteiger partial charge is 0.494 e. The quantitative estimate of drug-likeness (QED) is 0.709. The fraction of sp³-hybridized carbons (Fsp3) is 0.600. The Morgan fingerprint density at radius 3 is 2.83 bits per heavy atom. The summed E-state index contributed by atoms with van der Waals surface area (Å²) in [6.45, 7) is 6.94.